The van der Waals surface area contributed by atoms with Crippen molar-refractivity contribution < 1.29 is 4.57 Å². The van der Waals surface area contributed by atoms with Crippen molar-refractivity contribution in [1.82, 2.24) is 4.57 Å². The van der Waals surface area contributed by atoms with Crippen LogP contribution in [0.1, 0.15) is 50.6 Å². The normalized spacial score (nSPS) is 26.1. The maximum Gasteiger partial charge on any atom is 0.290 e. The molecule has 2 nitrogen and oxygen atoms in total. The lowest BCUT2D eigenvalue weighted by molar-refractivity contribution is -0.661. The zero-order valence-electron chi connectivity index (χ0n) is 15.7. The molecule has 0 saturated carbocycles. The average molecular weight is 331 g/mol. The molecule has 1 aromatic heterocycles. The molecule has 128 valence electrons. The quantitative estimate of drug-likeness (QED) is 0.551. The summed E-state index contributed by atoms with van der Waals surface area (Å²) in [5, 5.41) is 0. The first-order valence-corrected chi connectivity index (χ1v) is 9.32. The molecule has 2 aliphatic rings. The van der Waals surface area contributed by atoms with E-state index in [0.29, 0.717) is 0 Å². The van der Waals surface area contributed by atoms with Gasteiger partial charge < -0.3 is 0 Å². The summed E-state index contributed by atoms with van der Waals surface area (Å²) >= 11 is 0. The molecule has 1 aliphatic carbocycles. The maximum absolute atomic E-state index is 4.10. The van der Waals surface area contributed by atoms with E-state index in [1.165, 1.54) is 28.3 Å². The highest BCUT2D eigenvalue weighted by atomic mass is 15.2. The van der Waals surface area contributed by atoms with Crippen molar-refractivity contribution in [1.29, 1.82) is 0 Å². The van der Waals surface area contributed by atoms with Gasteiger partial charge in [0.05, 0.1) is 18.0 Å². The number of allylic oxidation sites excluding steroid dienone is 3. The van der Waals surface area contributed by atoms with Crippen LogP contribution in [0.2, 0.25) is 0 Å². The number of benzene rings is 1. The van der Waals surface area contributed by atoms with Gasteiger partial charge in [0.25, 0.3) is 5.82 Å². The number of hydrogen-bond donors (Lipinski definition) is 0. The molecule has 2 atom stereocenters. The molecule has 2 heteroatoms. The van der Waals surface area contributed by atoms with E-state index in [1.54, 1.807) is 0 Å². The van der Waals surface area contributed by atoms with Gasteiger partial charge in [-0.1, -0.05) is 50.8 Å². The van der Waals surface area contributed by atoms with E-state index in [2.05, 4.69) is 92.1 Å². The summed E-state index contributed by atoms with van der Waals surface area (Å²) in [6, 6.07) is 8.94. The maximum atomic E-state index is 4.10. The second-order valence-electron chi connectivity index (χ2n) is 7.17. The van der Waals surface area contributed by atoms with Crippen molar-refractivity contribution in [2.75, 3.05) is 0 Å². The first-order valence-electron chi connectivity index (χ1n) is 9.32. The zero-order chi connectivity index (χ0) is 17.8. The minimum atomic E-state index is -0.000694. The fourth-order valence-corrected chi connectivity index (χ4v) is 5.28. The van der Waals surface area contributed by atoms with Crippen molar-refractivity contribution in [2.24, 2.45) is 7.05 Å². The number of fused-ring (bicyclic) bond motifs is 6. The third kappa shape index (κ3) is 1.63. The van der Waals surface area contributed by atoms with Gasteiger partial charge >= 0.3 is 0 Å². The van der Waals surface area contributed by atoms with E-state index in [1.807, 2.05) is 6.08 Å². The van der Waals surface area contributed by atoms with Crippen LogP contribution in [-0.2, 0) is 18.0 Å². The fourth-order valence-electron chi connectivity index (χ4n) is 5.28. The van der Waals surface area contributed by atoms with E-state index in [-0.39, 0.29) is 11.0 Å². The number of nitrogens with zero attached hydrogens (tertiary/aromatic N) is 2. The highest BCUT2D eigenvalue weighted by Crippen LogP contribution is 2.60. The second-order valence-corrected chi connectivity index (χ2v) is 7.17. The van der Waals surface area contributed by atoms with Crippen molar-refractivity contribution in [3.05, 3.63) is 66.0 Å². The number of hydrogen-bond acceptors (Lipinski definition) is 0. The number of imidazole rings is 1. The van der Waals surface area contributed by atoms with Crippen LogP contribution in [0.25, 0.3) is 23.5 Å². The Morgan fingerprint density at radius 3 is 2.48 bits per heavy atom. The molecule has 0 amide bonds. The van der Waals surface area contributed by atoms with E-state index in [0.717, 1.165) is 12.8 Å². The van der Waals surface area contributed by atoms with E-state index in [4.69, 9.17) is 0 Å². The first kappa shape index (κ1) is 16.1. The summed E-state index contributed by atoms with van der Waals surface area (Å²) in [6.45, 7) is 10.8. The monoisotopic (exact) mass is 331 g/mol. The van der Waals surface area contributed by atoms with Crippen molar-refractivity contribution in [3.8, 4) is 11.4 Å². The summed E-state index contributed by atoms with van der Waals surface area (Å²) in [5.41, 5.74) is 5.33. The highest BCUT2D eigenvalue weighted by Gasteiger charge is 2.63. The molecule has 1 aliphatic heterocycles. The Kier molecular flexibility index (Phi) is 3.44. The van der Waals surface area contributed by atoms with Crippen LogP contribution in [0, 0.1) is 0 Å². The minimum absolute atomic E-state index is 0.000694. The molecule has 0 saturated heterocycles. The third-order valence-electron chi connectivity index (χ3n) is 6.47. The van der Waals surface area contributed by atoms with E-state index in [9.17, 15) is 0 Å². The Hall–Kier alpha value is -2.35. The van der Waals surface area contributed by atoms with Gasteiger partial charge in [-0.3, -0.25) is 0 Å². The SMILES string of the molecule is C=Cc1c(/C=C\C)n2c([n+]1C)-c1ccccc1C1(CC)C=CC21CC. The molecule has 2 aromatic rings. The zero-order valence-corrected chi connectivity index (χ0v) is 15.7. The van der Waals surface area contributed by atoms with Crippen molar-refractivity contribution in [3.63, 3.8) is 0 Å². The number of rotatable bonds is 4. The summed E-state index contributed by atoms with van der Waals surface area (Å²) in [6.07, 6.45) is 13.4. The highest BCUT2D eigenvalue weighted by molar-refractivity contribution is 5.73. The first-order chi connectivity index (χ1) is 12.1. The van der Waals surface area contributed by atoms with Crippen LogP contribution in [0.5, 0.6) is 0 Å². The summed E-state index contributed by atoms with van der Waals surface area (Å²) in [7, 11) is 2.16. The molecule has 2 heterocycles. The molecule has 0 N–H and O–H groups in total. The van der Waals surface area contributed by atoms with E-state index < -0.39 is 0 Å². The lowest BCUT2D eigenvalue weighted by Crippen LogP contribution is -2.59. The van der Waals surface area contributed by atoms with E-state index >= 15 is 0 Å². The topological polar surface area (TPSA) is 8.81 Å². The standard InChI is InChI=1S/C23H27N2/c1-6-12-20-19(7-2)24(5)21-17-13-10-11-14-18(17)22(8-3)15-16-23(22,9-4)25(20)21/h6-7,10-16H,2,8-9H2,1,3-5H3/q+1/b12-6-. The van der Waals surface area contributed by atoms with Gasteiger partial charge in [-0.2, -0.15) is 0 Å². The lowest BCUT2D eigenvalue weighted by atomic mass is 9.52. The molecule has 4 rings (SSSR count). The van der Waals surface area contributed by atoms with Crippen LogP contribution in [0.15, 0.2) is 49.1 Å². The van der Waals surface area contributed by atoms with Gasteiger partial charge in [0, 0.05) is 0 Å². The Balaban J connectivity index is 2.22. The Bertz CT molecular complexity index is 928. The minimum Gasteiger partial charge on any atom is -0.226 e. The van der Waals surface area contributed by atoms with Crippen molar-refractivity contribution >= 4 is 12.2 Å². The second kappa shape index (κ2) is 5.32. The van der Waals surface area contributed by atoms with Crippen LogP contribution in [0.3, 0.4) is 0 Å². The van der Waals surface area contributed by atoms with Gasteiger partial charge in [0.15, 0.2) is 11.4 Å². The predicted molar refractivity (Wildman–Crippen MR) is 105 cm³/mol. The lowest BCUT2D eigenvalue weighted by Gasteiger charge is -2.54. The summed E-state index contributed by atoms with van der Waals surface area (Å²) in [5.74, 6) is 1.29. The summed E-state index contributed by atoms with van der Waals surface area (Å²) < 4.78 is 4.89. The number of aromatic nitrogens is 2. The van der Waals surface area contributed by atoms with Crippen LogP contribution in [0.4, 0.5) is 0 Å². The molecule has 1 aromatic carbocycles. The molecule has 0 spiro atoms. The van der Waals surface area contributed by atoms with Crippen LogP contribution < -0.4 is 4.57 Å². The molecular weight excluding hydrogens is 304 g/mol. The van der Waals surface area contributed by atoms with Crippen LogP contribution in [-0.4, -0.2) is 4.57 Å². The molecule has 0 bridgehead atoms. The molecule has 0 radical (unpaired) electrons. The average Bonchev–Trinajstić information content (AvgIpc) is 2.88. The van der Waals surface area contributed by atoms with Crippen LogP contribution >= 0.6 is 0 Å². The molecular formula is C23H27N2+. The molecule has 0 fully saturated rings. The fraction of sp³-hybridized carbons (Fsp3) is 0.348. The van der Waals surface area contributed by atoms with Gasteiger partial charge in [-0.25, -0.2) is 9.13 Å². The Morgan fingerprint density at radius 1 is 1.16 bits per heavy atom. The smallest absolute Gasteiger partial charge is 0.226 e. The van der Waals surface area contributed by atoms with Gasteiger partial charge in [0.2, 0.25) is 0 Å². The summed E-state index contributed by atoms with van der Waals surface area (Å²) in [4.78, 5) is 0. The Labute approximate surface area is 150 Å². The van der Waals surface area contributed by atoms with Crippen molar-refractivity contribution in [2.45, 2.75) is 44.6 Å². The largest absolute Gasteiger partial charge is 0.290 e. The predicted octanol–water partition coefficient (Wildman–Crippen LogP) is 4.99. The van der Waals surface area contributed by atoms with Gasteiger partial charge in [0.1, 0.15) is 5.54 Å². The molecule has 2 unspecified atom stereocenters. The Morgan fingerprint density at radius 2 is 1.92 bits per heavy atom. The third-order valence-corrected chi connectivity index (χ3v) is 6.47. The van der Waals surface area contributed by atoms with Gasteiger partial charge in [-0.15, -0.1) is 0 Å². The van der Waals surface area contributed by atoms with Gasteiger partial charge in [-0.05, 0) is 49.6 Å². The molecule has 25 heavy (non-hydrogen) atoms.